The summed E-state index contributed by atoms with van der Waals surface area (Å²) < 4.78 is 9.95. The number of esters is 2. The Hall–Kier alpha value is -2.99. The monoisotopic (exact) mass is 385 g/mol. The van der Waals surface area contributed by atoms with E-state index in [4.69, 9.17) is 9.47 Å². The third-order valence-electron chi connectivity index (χ3n) is 3.22. The van der Waals surface area contributed by atoms with E-state index in [9.17, 15) is 14.4 Å². The molecule has 0 saturated carbocycles. The molecule has 0 aliphatic heterocycles. The molecule has 0 heterocycles. The number of benzene rings is 2. The molecular formula is C22H27NO5. The van der Waals surface area contributed by atoms with Crippen molar-refractivity contribution in [3.05, 3.63) is 60.2 Å². The minimum absolute atomic E-state index is 0.0457. The number of ether oxygens (including phenoxy) is 2. The normalized spacial score (nSPS) is 10.3. The van der Waals surface area contributed by atoms with Gasteiger partial charge >= 0.3 is 11.9 Å². The van der Waals surface area contributed by atoms with Crippen molar-refractivity contribution in [1.82, 2.24) is 5.32 Å². The molecule has 6 nitrogen and oxygen atoms in total. The molecule has 0 saturated heterocycles. The minimum Gasteiger partial charge on any atom is -0.423 e. The minimum atomic E-state index is -0.564. The van der Waals surface area contributed by atoms with Crippen molar-refractivity contribution in [2.24, 2.45) is 0 Å². The molecular weight excluding hydrogens is 358 g/mol. The third kappa shape index (κ3) is 9.64. The molecule has 2 aromatic rings. The Bertz CT molecular complexity index is 768. The summed E-state index contributed by atoms with van der Waals surface area (Å²) in [5.41, 5.74) is 0.176. The highest BCUT2D eigenvalue weighted by molar-refractivity contribution is 5.98. The van der Waals surface area contributed by atoms with E-state index in [2.05, 4.69) is 5.32 Å². The van der Waals surface area contributed by atoms with E-state index < -0.39 is 11.9 Å². The predicted octanol–water partition coefficient (Wildman–Crippen LogP) is 3.79. The van der Waals surface area contributed by atoms with Crippen LogP contribution in [-0.2, 0) is 9.59 Å². The topological polar surface area (TPSA) is 81.7 Å². The molecule has 0 aliphatic rings. The number of Topliss-reactive ketones (excluding diaryl/α,β-unsaturated/α-hetero) is 1. The van der Waals surface area contributed by atoms with Crippen LogP contribution in [0.3, 0.4) is 0 Å². The second-order valence-electron chi connectivity index (χ2n) is 7.03. The molecule has 0 atom stereocenters. The summed E-state index contributed by atoms with van der Waals surface area (Å²) >= 11 is 0. The molecule has 1 N–H and O–H groups in total. The van der Waals surface area contributed by atoms with Gasteiger partial charge in [-0.2, -0.15) is 0 Å². The Kier molecular flexibility index (Phi) is 9.05. The van der Waals surface area contributed by atoms with Crippen LogP contribution in [0.15, 0.2) is 54.6 Å². The van der Waals surface area contributed by atoms with Gasteiger partial charge in [0.1, 0.15) is 0 Å². The van der Waals surface area contributed by atoms with Crippen LogP contribution >= 0.6 is 0 Å². The van der Waals surface area contributed by atoms with Crippen LogP contribution in [0.4, 0.5) is 0 Å². The third-order valence-corrected chi connectivity index (χ3v) is 3.22. The molecule has 0 bridgehead atoms. The molecule has 28 heavy (non-hydrogen) atoms. The fraction of sp³-hybridized carbons (Fsp3) is 0.318. The van der Waals surface area contributed by atoms with Gasteiger partial charge in [-0.1, -0.05) is 36.4 Å². The summed E-state index contributed by atoms with van der Waals surface area (Å²) in [4.78, 5) is 34.3. The van der Waals surface area contributed by atoms with Gasteiger partial charge < -0.3 is 14.8 Å². The fourth-order valence-corrected chi connectivity index (χ4v) is 1.99. The Labute approximate surface area is 165 Å². The number of carbonyl (C=O) groups excluding carboxylic acids is 3. The molecule has 0 fully saturated rings. The number of hydrogen-bond donors (Lipinski definition) is 1. The zero-order valence-corrected chi connectivity index (χ0v) is 16.9. The second kappa shape index (κ2) is 11.0. The predicted molar refractivity (Wildman–Crippen MR) is 108 cm³/mol. The quantitative estimate of drug-likeness (QED) is 0.479. The highest BCUT2D eigenvalue weighted by Gasteiger charge is 2.16. The Morgan fingerprint density at radius 1 is 0.821 bits per heavy atom. The van der Waals surface area contributed by atoms with Crippen molar-refractivity contribution in [2.45, 2.75) is 40.2 Å². The first-order valence-corrected chi connectivity index (χ1v) is 8.87. The lowest BCUT2D eigenvalue weighted by Crippen LogP contribution is -2.39. The van der Waals surface area contributed by atoms with Gasteiger partial charge in [0.25, 0.3) is 0 Å². The fourth-order valence-electron chi connectivity index (χ4n) is 1.99. The average molecular weight is 385 g/mol. The molecule has 6 heteroatoms. The highest BCUT2D eigenvalue weighted by Crippen LogP contribution is 2.29. The molecule has 2 aromatic carbocycles. The van der Waals surface area contributed by atoms with Crippen LogP contribution in [0.1, 0.15) is 45.0 Å². The highest BCUT2D eigenvalue weighted by atomic mass is 16.6. The zero-order valence-electron chi connectivity index (χ0n) is 16.9. The largest absolute Gasteiger partial charge is 0.423 e. The zero-order chi connectivity index (χ0) is 21.2. The lowest BCUT2D eigenvalue weighted by Gasteiger charge is -2.20. The Morgan fingerprint density at radius 3 is 1.71 bits per heavy atom. The first kappa shape index (κ1) is 23.0. The van der Waals surface area contributed by atoms with Crippen LogP contribution in [0.5, 0.6) is 11.5 Å². The van der Waals surface area contributed by atoms with E-state index in [1.807, 2.05) is 57.2 Å². The Morgan fingerprint density at radius 2 is 1.29 bits per heavy atom. The van der Waals surface area contributed by atoms with E-state index >= 15 is 0 Å². The lowest BCUT2D eigenvalue weighted by atomic mass is 10.1. The van der Waals surface area contributed by atoms with Crippen molar-refractivity contribution in [3.8, 4) is 11.5 Å². The number of nitrogens with one attached hydrogen (secondary N) is 1. The van der Waals surface area contributed by atoms with Crippen LogP contribution < -0.4 is 14.8 Å². The summed E-state index contributed by atoms with van der Waals surface area (Å²) in [7, 11) is 0. The molecule has 0 unspecified atom stereocenters. The van der Waals surface area contributed by atoms with Crippen LogP contribution in [0.25, 0.3) is 0 Å². The molecule has 0 aliphatic carbocycles. The molecule has 0 aromatic heterocycles. The van der Waals surface area contributed by atoms with Crippen molar-refractivity contribution in [1.29, 1.82) is 0 Å². The SMILES string of the molecule is CC(=O)Oc1ccc(C(=O)CNC(C)(C)C)cc1OC(C)=O.c1ccccc1. The van der Waals surface area contributed by atoms with Gasteiger partial charge in [0, 0.05) is 24.9 Å². The average Bonchev–Trinajstić information content (AvgIpc) is 2.61. The van der Waals surface area contributed by atoms with Crippen molar-refractivity contribution in [2.75, 3.05) is 6.54 Å². The number of carbonyl (C=O) groups is 3. The number of hydrogen-bond acceptors (Lipinski definition) is 6. The molecule has 0 radical (unpaired) electrons. The van der Waals surface area contributed by atoms with Crippen molar-refractivity contribution < 1.29 is 23.9 Å². The summed E-state index contributed by atoms with van der Waals surface area (Å²) in [5.74, 6) is -1.11. The van der Waals surface area contributed by atoms with Gasteiger partial charge in [-0.3, -0.25) is 14.4 Å². The summed E-state index contributed by atoms with van der Waals surface area (Å²) in [6.45, 7) is 8.48. The van der Waals surface area contributed by atoms with Gasteiger partial charge in [0.15, 0.2) is 17.3 Å². The van der Waals surface area contributed by atoms with Gasteiger partial charge in [-0.25, -0.2) is 0 Å². The maximum absolute atomic E-state index is 12.2. The van der Waals surface area contributed by atoms with E-state index in [0.717, 1.165) is 0 Å². The van der Waals surface area contributed by atoms with Crippen LogP contribution in [-0.4, -0.2) is 29.8 Å². The first-order valence-electron chi connectivity index (χ1n) is 8.87. The maximum atomic E-state index is 12.2. The van der Waals surface area contributed by atoms with Crippen LogP contribution in [0.2, 0.25) is 0 Å². The van der Waals surface area contributed by atoms with Crippen LogP contribution in [0, 0.1) is 0 Å². The van der Waals surface area contributed by atoms with Crippen molar-refractivity contribution >= 4 is 17.7 Å². The maximum Gasteiger partial charge on any atom is 0.308 e. The molecule has 0 amide bonds. The molecule has 0 spiro atoms. The number of ketones is 1. The van der Waals surface area contributed by atoms with E-state index in [0.29, 0.717) is 5.56 Å². The second-order valence-corrected chi connectivity index (χ2v) is 7.03. The van der Waals surface area contributed by atoms with Gasteiger partial charge in [0.05, 0.1) is 6.54 Å². The summed E-state index contributed by atoms with van der Waals surface area (Å²) in [6, 6.07) is 16.4. The van der Waals surface area contributed by atoms with E-state index in [1.54, 1.807) is 0 Å². The molecule has 150 valence electrons. The molecule has 2 rings (SSSR count). The smallest absolute Gasteiger partial charge is 0.308 e. The van der Waals surface area contributed by atoms with Gasteiger partial charge in [-0.05, 0) is 39.0 Å². The lowest BCUT2D eigenvalue weighted by molar-refractivity contribution is -0.134. The van der Waals surface area contributed by atoms with Gasteiger partial charge in [0.2, 0.25) is 0 Å². The Balaban J connectivity index is 0.000000552. The number of rotatable bonds is 5. The summed E-state index contributed by atoms with van der Waals surface area (Å²) in [6.07, 6.45) is 0. The van der Waals surface area contributed by atoms with Crippen molar-refractivity contribution in [3.63, 3.8) is 0 Å². The van der Waals surface area contributed by atoms with Gasteiger partial charge in [-0.15, -0.1) is 0 Å². The van der Waals surface area contributed by atoms with E-state index in [-0.39, 0.29) is 29.4 Å². The summed E-state index contributed by atoms with van der Waals surface area (Å²) in [5, 5.41) is 3.08. The van der Waals surface area contributed by atoms with E-state index in [1.165, 1.54) is 32.0 Å². The standard InChI is InChI=1S/C16H21NO5.C6H6/c1-10(18)21-14-7-6-12(8-15(14)22-11(2)19)13(20)9-17-16(3,4)5;1-2-4-6-5-3-1/h6-8,17H,9H2,1-5H3;1-6H. The first-order chi connectivity index (χ1) is 13.1.